The first kappa shape index (κ1) is 31.4. The molecule has 2 rings (SSSR count). The second-order valence-electron chi connectivity index (χ2n) is 4.45. The fourth-order valence-corrected chi connectivity index (χ4v) is 3.45. The Morgan fingerprint density at radius 1 is 0.767 bits per heavy atom. The summed E-state index contributed by atoms with van der Waals surface area (Å²) in [4.78, 5) is 43.3. The average molecular weight is 610 g/mol. The van der Waals surface area contributed by atoms with Crippen molar-refractivity contribution >= 4 is 23.7 Å². The topological polar surface area (TPSA) is 185 Å². The number of hydrogen-bond acceptors (Lipinski definition) is 5. The summed E-state index contributed by atoms with van der Waals surface area (Å²) in [5, 5.41) is 0. The number of hydrogen-bond donors (Lipinski definition) is 5. The molecule has 0 bridgehead atoms. The lowest BCUT2D eigenvalue weighted by molar-refractivity contribution is -0.597. The first-order valence-corrected chi connectivity index (χ1v) is 13.6. The highest BCUT2D eigenvalue weighted by molar-refractivity contribution is 7.46. The van der Waals surface area contributed by atoms with Gasteiger partial charge < -0.3 is 14.5 Å². The van der Waals surface area contributed by atoms with Crippen LogP contribution in [0.15, 0.2) is 54.6 Å². The molecule has 2 aromatic rings. The molecule has 0 aliphatic rings. The molecule has 5 N–H and O–H groups in total. The van der Waals surface area contributed by atoms with Gasteiger partial charge in [0.1, 0.15) is 5.75 Å². The molecule has 10 nitrogen and oxygen atoms in total. The van der Waals surface area contributed by atoms with Crippen molar-refractivity contribution in [2.24, 2.45) is 0 Å². The van der Waals surface area contributed by atoms with E-state index in [1.165, 1.54) is 7.14 Å². The number of halogens is 4. The van der Waals surface area contributed by atoms with E-state index < -0.39 is 23.7 Å². The van der Waals surface area contributed by atoms with E-state index in [2.05, 4.69) is 42.5 Å². The maximum atomic E-state index is 10.4. The molecular formula is C13H17F3IO10P3. The third-order valence-corrected chi connectivity index (χ3v) is 4.68. The summed E-state index contributed by atoms with van der Waals surface area (Å²) < 4.78 is 64.8. The molecule has 0 aliphatic carbocycles. The van der Waals surface area contributed by atoms with Crippen molar-refractivity contribution in [3.63, 3.8) is 0 Å². The van der Waals surface area contributed by atoms with Crippen molar-refractivity contribution in [3.05, 3.63) is 61.7 Å². The predicted molar refractivity (Wildman–Crippen MR) is 94.1 cm³/mol. The molecule has 0 aromatic heterocycles. The maximum Gasteiger partial charge on any atom is 0.507 e. The molecule has 1 atom stereocenters. The van der Waals surface area contributed by atoms with Crippen LogP contribution in [0.2, 0.25) is 0 Å². The van der Waals surface area contributed by atoms with E-state index in [4.69, 9.17) is 47.8 Å². The van der Waals surface area contributed by atoms with Crippen molar-refractivity contribution in [2.75, 3.05) is 7.11 Å². The first-order chi connectivity index (χ1) is 13.4. The third kappa shape index (κ3) is 34.7. The molecule has 17 heteroatoms. The highest BCUT2D eigenvalue weighted by atomic mass is 127. The predicted octanol–water partition coefficient (Wildman–Crippen LogP) is -0.663. The minimum atomic E-state index is -5.39. The lowest BCUT2D eigenvalue weighted by Gasteiger charge is -1.97. The van der Waals surface area contributed by atoms with Gasteiger partial charge in [0.2, 0.25) is 0 Å². The number of benzene rings is 2. The van der Waals surface area contributed by atoms with Gasteiger partial charge in [-0.1, -0.05) is 18.2 Å². The molecule has 0 spiro atoms. The van der Waals surface area contributed by atoms with Crippen LogP contribution >= 0.6 is 23.7 Å². The Morgan fingerprint density at radius 2 is 1.07 bits per heavy atom. The fraction of sp³-hybridized carbons (Fsp3) is 0.0769. The molecule has 2 aromatic carbocycles. The van der Waals surface area contributed by atoms with Crippen LogP contribution in [0.25, 0.3) is 0 Å². The van der Waals surface area contributed by atoms with Crippen molar-refractivity contribution in [3.8, 4) is 5.75 Å². The zero-order chi connectivity index (χ0) is 24.0. The lowest BCUT2D eigenvalue weighted by atomic mass is 10.3. The molecule has 0 heterocycles. The van der Waals surface area contributed by atoms with E-state index >= 15 is 0 Å². The zero-order valence-corrected chi connectivity index (χ0v) is 19.7. The molecule has 1 unspecified atom stereocenters. The standard InChI is InChI=1S/C13H12IO.3FH2O3P/c1-15-13-9-7-12(8-10-13)14-11-5-3-2-4-6-11;3*1-5(2,3)4/h2-10H,1H3;3*(H2,2,3,4)/q+1;;;/p-1. The minimum absolute atomic E-state index is 0.0449. The zero-order valence-electron chi connectivity index (χ0n) is 14.8. The molecule has 0 saturated heterocycles. The Labute approximate surface area is 179 Å². The molecule has 0 fully saturated rings. The van der Waals surface area contributed by atoms with Gasteiger partial charge in [0, 0.05) is 0 Å². The summed E-state index contributed by atoms with van der Waals surface area (Å²) in [6.07, 6.45) is 0. The molecule has 0 radical (unpaired) electrons. The van der Waals surface area contributed by atoms with Crippen LogP contribution in [0.3, 0.4) is 0 Å². The van der Waals surface area contributed by atoms with E-state index in [0.29, 0.717) is 0 Å². The van der Waals surface area contributed by atoms with Crippen molar-refractivity contribution in [1.82, 2.24) is 0 Å². The lowest BCUT2D eigenvalue weighted by Crippen LogP contribution is -3.61. The Balaban J connectivity index is 0. The van der Waals surface area contributed by atoms with Crippen LogP contribution in [0.4, 0.5) is 12.6 Å². The Bertz CT molecular complexity index is 782. The fourth-order valence-electron chi connectivity index (χ4n) is 1.24. The van der Waals surface area contributed by atoms with Gasteiger partial charge in [0.05, 0.1) is 7.11 Å². The van der Waals surface area contributed by atoms with Gasteiger partial charge in [-0.2, -0.15) is 4.20 Å². The summed E-state index contributed by atoms with van der Waals surface area (Å²) in [6, 6.07) is 19.0. The maximum absolute atomic E-state index is 10.4. The van der Waals surface area contributed by atoms with E-state index in [0.717, 1.165) is 5.75 Å². The van der Waals surface area contributed by atoms with Gasteiger partial charge in [0.15, 0.2) is 7.14 Å². The van der Waals surface area contributed by atoms with Crippen molar-refractivity contribution in [2.45, 2.75) is 0 Å². The summed E-state index contributed by atoms with van der Waals surface area (Å²) in [6.45, 7) is 0. The quantitative estimate of drug-likeness (QED) is 0.221. The van der Waals surface area contributed by atoms with Gasteiger partial charge in [0.25, 0.3) is 0 Å². The van der Waals surface area contributed by atoms with Crippen molar-refractivity contribution in [1.29, 1.82) is 0 Å². The molecule has 0 aliphatic heterocycles. The normalized spacial score (nSPS) is 12.5. The molecule has 0 saturated carbocycles. The Morgan fingerprint density at radius 3 is 1.37 bits per heavy atom. The summed E-state index contributed by atoms with van der Waals surface area (Å²) in [5.41, 5.74) is 0. The largest absolute Gasteiger partial charge is 0.753 e. The van der Waals surface area contributed by atoms with Crippen LogP contribution < -0.4 is 30.8 Å². The van der Waals surface area contributed by atoms with Gasteiger partial charge in [-0.25, -0.2) is 9.13 Å². The van der Waals surface area contributed by atoms with Crippen molar-refractivity contribution < 1.29 is 81.6 Å². The van der Waals surface area contributed by atoms with E-state index in [-0.39, 0.29) is 21.2 Å². The molecule has 172 valence electrons. The average Bonchev–Trinajstić information content (AvgIpc) is 2.52. The van der Waals surface area contributed by atoms with E-state index in [1.54, 1.807) is 7.11 Å². The second kappa shape index (κ2) is 15.1. The van der Waals surface area contributed by atoms with E-state index in [9.17, 15) is 12.6 Å². The van der Waals surface area contributed by atoms with Crippen LogP contribution in [0.5, 0.6) is 5.75 Å². The van der Waals surface area contributed by atoms with Gasteiger partial charge in [-0.05, 0) is 36.4 Å². The van der Waals surface area contributed by atoms with Crippen LogP contribution in [-0.4, -0.2) is 31.6 Å². The van der Waals surface area contributed by atoms with Crippen LogP contribution in [0, 0.1) is 7.14 Å². The second-order valence-corrected chi connectivity index (χ2v) is 10.3. The van der Waals surface area contributed by atoms with Gasteiger partial charge in [-0.3, -0.25) is 24.1 Å². The number of ether oxygens (including phenoxy) is 1. The highest BCUT2D eigenvalue weighted by Crippen LogP contribution is 2.35. The van der Waals surface area contributed by atoms with Crippen LogP contribution in [-0.2, 0) is 13.7 Å². The summed E-state index contributed by atoms with van der Waals surface area (Å²) in [7, 11) is -14.0. The summed E-state index contributed by atoms with van der Waals surface area (Å²) in [5.74, 6) is 0.927. The smallest absolute Gasteiger partial charge is 0.507 e. The van der Waals surface area contributed by atoms with Gasteiger partial charge >= 0.3 is 44.9 Å². The highest BCUT2D eigenvalue weighted by Gasteiger charge is 2.14. The Hall–Kier alpha value is -0.790. The van der Waals surface area contributed by atoms with E-state index in [1.807, 2.05) is 12.1 Å². The third-order valence-electron chi connectivity index (χ3n) is 2.00. The molecule has 30 heavy (non-hydrogen) atoms. The number of rotatable bonds is 3. The Kier molecular flexibility index (Phi) is 15.8. The molecule has 0 amide bonds. The number of methoxy groups -OCH3 is 1. The minimum Gasteiger partial charge on any atom is -0.753 e. The SMILES string of the molecule is COc1ccc([I+]c2ccccc2)cc1.O=P(O)(O)F.O=P(O)(O)F.O=P([O-])(O)F. The molecular weight excluding hydrogens is 593 g/mol. The first-order valence-electron chi connectivity index (χ1n) is 6.96. The monoisotopic (exact) mass is 610 g/mol. The summed E-state index contributed by atoms with van der Waals surface area (Å²) >= 11 is -0.0449. The van der Waals surface area contributed by atoms with Crippen LogP contribution in [0.1, 0.15) is 0 Å². The van der Waals surface area contributed by atoms with Gasteiger partial charge in [-0.15, -0.1) is 8.39 Å².